The first kappa shape index (κ1) is 18.1. The number of para-hydroxylation sites is 1. The summed E-state index contributed by atoms with van der Waals surface area (Å²) in [6.45, 7) is 9.44. The fourth-order valence-electron chi connectivity index (χ4n) is 4.06. The monoisotopic (exact) mass is 354 g/mol. The molecule has 0 unspecified atom stereocenters. The largest absolute Gasteiger partial charge is 0.363 e. The molecule has 0 atom stereocenters. The summed E-state index contributed by atoms with van der Waals surface area (Å²) in [5, 5.41) is 4.17. The van der Waals surface area contributed by atoms with E-state index in [2.05, 4.69) is 19.0 Å². The highest BCUT2D eigenvalue weighted by atomic mass is 16.5. The number of carbonyl (C=O) groups excluding carboxylic acids is 2. The van der Waals surface area contributed by atoms with Crippen molar-refractivity contribution in [1.29, 1.82) is 0 Å². The zero-order chi connectivity index (χ0) is 19.1. The van der Waals surface area contributed by atoms with E-state index >= 15 is 0 Å². The molecule has 0 spiro atoms. The SMILES string of the molecule is CCc1noc(C)c1C1=C(C(=O)C(N)=O)c2ccccc2[N+]1(CC)CC. The van der Waals surface area contributed by atoms with E-state index in [0.717, 1.165) is 41.3 Å². The third-order valence-corrected chi connectivity index (χ3v) is 5.33. The van der Waals surface area contributed by atoms with Crippen LogP contribution in [0.25, 0.3) is 11.3 Å². The van der Waals surface area contributed by atoms with Crippen molar-refractivity contribution >= 4 is 28.6 Å². The van der Waals surface area contributed by atoms with Gasteiger partial charge in [-0.25, -0.2) is 0 Å². The molecule has 3 rings (SSSR count). The summed E-state index contributed by atoms with van der Waals surface area (Å²) in [6.07, 6.45) is 0.665. The predicted octanol–water partition coefficient (Wildman–Crippen LogP) is 2.83. The third-order valence-electron chi connectivity index (χ3n) is 5.33. The van der Waals surface area contributed by atoms with Gasteiger partial charge in [0.05, 0.1) is 24.3 Å². The number of hydrogen-bond acceptors (Lipinski definition) is 4. The molecule has 136 valence electrons. The number of amides is 1. The van der Waals surface area contributed by atoms with E-state index in [1.807, 2.05) is 38.1 Å². The Morgan fingerprint density at radius 1 is 1.15 bits per heavy atom. The van der Waals surface area contributed by atoms with Gasteiger partial charge < -0.3 is 10.3 Å². The maximum Gasteiger partial charge on any atom is 0.290 e. The van der Waals surface area contributed by atoms with Crippen LogP contribution in [0.1, 0.15) is 43.4 Å². The van der Waals surface area contributed by atoms with Gasteiger partial charge >= 0.3 is 0 Å². The number of fused-ring (bicyclic) bond motifs is 1. The molecule has 1 aromatic heterocycles. The fraction of sp³-hybridized carbons (Fsp3) is 0.350. The van der Waals surface area contributed by atoms with Crippen molar-refractivity contribution in [3.63, 3.8) is 0 Å². The number of Topliss-reactive ketones (excluding diaryl/α,β-unsaturated/α-hetero) is 1. The minimum absolute atomic E-state index is 0.373. The lowest BCUT2D eigenvalue weighted by molar-refractivity contribution is -0.132. The van der Waals surface area contributed by atoms with Crippen LogP contribution in [0.2, 0.25) is 0 Å². The van der Waals surface area contributed by atoms with Crippen LogP contribution in [0.3, 0.4) is 0 Å². The van der Waals surface area contributed by atoms with Crippen LogP contribution in [-0.2, 0) is 16.0 Å². The molecule has 26 heavy (non-hydrogen) atoms. The summed E-state index contributed by atoms with van der Waals surface area (Å²) in [4.78, 5) is 24.7. The zero-order valence-corrected chi connectivity index (χ0v) is 15.6. The van der Waals surface area contributed by atoms with E-state index in [1.54, 1.807) is 0 Å². The standard InChI is InChI=1S/C20H23N3O3/c1-5-14-16(12(4)26-22-14)18-17(19(24)20(21)25)13-10-8-9-11-15(13)23(18,6-2)7-3/h8-11H,5-7H2,1-4H3,(H-,21,25)/p+1. The molecule has 0 fully saturated rings. The first-order chi connectivity index (χ1) is 12.4. The van der Waals surface area contributed by atoms with E-state index < -0.39 is 11.7 Å². The fourth-order valence-corrected chi connectivity index (χ4v) is 4.06. The molecular weight excluding hydrogens is 330 g/mol. The molecule has 1 aliphatic rings. The van der Waals surface area contributed by atoms with E-state index in [4.69, 9.17) is 10.3 Å². The minimum Gasteiger partial charge on any atom is -0.363 e. The van der Waals surface area contributed by atoms with Gasteiger partial charge in [0.1, 0.15) is 22.6 Å². The number of rotatable bonds is 6. The maximum atomic E-state index is 12.9. The molecule has 0 saturated carbocycles. The van der Waals surface area contributed by atoms with Crippen LogP contribution in [0.4, 0.5) is 5.69 Å². The van der Waals surface area contributed by atoms with Crippen molar-refractivity contribution in [3.05, 3.63) is 46.8 Å². The van der Waals surface area contributed by atoms with Crippen molar-refractivity contribution in [1.82, 2.24) is 9.64 Å². The molecule has 0 bridgehead atoms. The molecule has 2 N–H and O–H groups in total. The van der Waals surface area contributed by atoms with Crippen LogP contribution in [0.5, 0.6) is 0 Å². The Bertz CT molecular complexity index is 920. The number of nitrogens with zero attached hydrogens (tertiary/aromatic N) is 2. The average molecular weight is 354 g/mol. The van der Waals surface area contributed by atoms with Gasteiger partial charge in [-0.05, 0) is 33.3 Å². The number of aryl methyl sites for hydroxylation is 2. The summed E-state index contributed by atoms with van der Waals surface area (Å²) >= 11 is 0. The van der Waals surface area contributed by atoms with Gasteiger partial charge in [-0.2, -0.15) is 0 Å². The third kappa shape index (κ3) is 2.33. The number of primary amides is 1. The molecule has 0 saturated heterocycles. The average Bonchev–Trinajstić information content (AvgIpc) is 3.15. The molecule has 0 aliphatic carbocycles. The van der Waals surface area contributed by atoms with Gasteiger partial charge in [-0.1, -0.05) is 24.2 Å². The number of quaternary nitrogens is 1. The zero-order valence-electron chi connectivity index (χ0n) is 15.6. The lowest BCUT2D eigenvalue weighted by Crippen LogP contribution is -2.46. The van der Waals surface area contributed by atoms with E-state index in [0.29, 0.717) is 22.2 Å². The molecular formula is C20H24N3O3+. The van der Waals surface area contributed by atoms with Gasteiger partial charge in [-0.3, -0.25) is 14.1 Å². The second-order valence-electron chi connectivity index (χ2n) is 6.45. The molecule has 1 aromatic carbocycles. The second kappa shape index (κ2) is 6.53. The van der Waals surface area contributed by atoms with E-state index in [9.17, 15) is 9.59 Å². The number of benzene rings is 1. The lowest BCUT2D eigenvalue weighted by atomic mass is 9.96. The quantitative estimate of drug-likeness (QED) is 0.638. The topological polar surface area (TPSA) is 86.2 Å². The Morgan fingerprint density at radius 2 is 1.81 bits per heavy atom. The molecule has 6 nitrogen and oxygen atoms in total. The second-order valence-corrected chi connectivity index (χ2v) is 6.45. The molecule has 2 aromatic rings. The predicted molar refractivity (Wildman–Crippen MR) is 101 cm³/mol. The number of ketones is 1. The number of nitrogens with two attached hydrogens (primary N) is 1. The van der Waals surface area contributed by atoms with Crippen LogP contribution < -0.4 is 10.2 Å². The van der Waals surface area contributed by atoms with Gasteiger partial charge in [-0.15, -0.1) is 0 Å². The Morgan fingerprint density at radius 3 is 2.38 bits per heavy atom. The van der Waals surface area contributed by atoms with Gasteiger partial charge in [0.15, 0.2) is 5.70 Å². The number of carbonyl (C=O) groups is 2. The normalized spacial score (nSPS) is 15.2. The molecule has 2 heterocycles. The highest BCUT2D eigenvalue weighted by Crippen LogP contribution is 2.50. The van der Waals surface area contributed by atoms with E-state index in [-0.39, 0.29) is 0 Å². The van der Waals surface area contributed by atoms with Gasteiger partial charge in [0.25, 0.3) is 11.7 Å². The van der Waals surface area contributed by atoms with Crippen molar-refractivity contribution in [3.8, 4) is 0 Å². The molecule has 1 aliphatic heterocycles. The first-order valence-corrected chi connectivity index (χ1v) is 8.94. The van der Waals surface area contributed by atoms with Crippen molar-refractivity contribution in [2.24, 2.45) is 5.73 Å². The number of aromatic nitrogens is 1. The van der Waals surface area contributed by atoms with Crippen LogP contribution in [0, 0.1) is 6.92 Å². The highest BCUT2D eigenvalue weighted by molar-refractivity contribution is 6.56. The van der Waals surface area contributed by atoms with Crippen LogP contribution >= 0.6 is 0 Å². The Hall–Kier alpha value is -2.73. The molecule has 0 radical (unpaired) electrons. The smallest absolute Gasteiger partial charge is 0.290 e. The first-order valence-electron chi connectivity index (χ1n) is 8.94. The summed E-state index contributed by atoms with van der Waals surface area (Å²) in [7, 11) is 0. The van der Waals surface area contributed by atoms with Crippen molar-refractivity contribution in [2.45, 2.75) is 34.1 Å². The number of hydrogen-bond donors (Lipinski definition) is 1. The summed E-state index contributed by atoms with van der Waals surface area (Å²) < 4.78 is 5.90. The molecule has 1 amide bonds. The minimum atomic E-state index is -0.952. The Labute approximate surface area is 152 Å². The Balaban J connectivity index is 2.48. The van der Waals surface area contributed by atoms with Crippen molar-refractivity contribution in [2.75, 3.05) is 13.1 Å². The van der Waals surface area contributed by atoms with Gasteiger partial charge in [0, 0.05) is 6.07 Å². The Kier molecular flexibility index (Phi) is 4.54. The summed E-state index contributed by atoms with van der Waals surface area (Å²) in [5.74, 6) is -0.979. The maximum absolute atomic E-state index is 12.9. The highest BCUT2D eigenvalue weighted by Gasteiger charge is 2.49. The van der Waals surface area contributed by atoms with Gasteiger partial charge in [0.2, 0.25) is 0 Å². The molecule has 6 heteroatoms. The lowest BCUT2D eigenvalue weighted by Gasteiger charge is -2.35. The van der Waals surface area contributed by atoms with Crippen molar-refractivity contribution < 1.29 is 14.1 Å². The van der Waals surface area contributed by atoms with Crippen LogP contribution in [-0.4, -0.2) is 29.9 Å². The summed E-state index contributed by atoms with van der Waals surface area (Å²) in [5.41, 5.74) is 9.91. The summed E-state index contributed by atoms with van der Waals surface area (Å²) in [6, 6.07) is 7.72. The van der Waals surface area contributed by atoms with E-state index in [1.165, 1.54) is 0 Å². The van der Waals surface area contributed by atoms with Crippen LogP contribution in [0.15, 0.2) is 28.8 Å².